The fourth-order valence-electron chi connectivity index (χ4n) is 4.11. The minimum absolute atomic E-state index is 0.0151. The van der Waals surface area contributed by atoms with Crippen molar-refractivity contribution in [2.24, 2.45) is 15.8 Å². The Morgan fingerprint density at radius 2 is 1.91 bits per heavy atom. The normalized spacial score (nSPS) is 21.6. The van der Waals surface area contributed by atoms with Gasteiger partial charge in [-0.3, -0.25) is 9.79 Å². The Morgan fingerprint density at radius 1 is 1.20 bits per heavy atom. The van der Waals surface area contributed by atoms with E-state index in [0.717, 1.165) is 16.8 Å². The van der Waals surface area contributed by atoms with Gasteiger partial charge in [-0.2, -0.15) is 17.8 Å². The second kappa shape index (κ2) is 10.7. The number of aliphatic imine (C=N–C) groups is 1. The third kappa shape index (κ3) is 5.99. The van der Waals surface area contributed by atoms with E-state index in [4.69, 9.17) is 27.2 Å². The molecule has 1 saturated heterocycles. The smallest absolute Gasteiger partial charge is 0.304 e. The Labute approximate surface area is 209 Å². The number of amides is 1. The van der Waals surface area contributed by atoms with Crippen molar-refractivity contribution in [3.8, 4) is 0 Å². The number of hydrogen-bond acceptors (Lipinski definition) is 6. The quantitative estimate of drug-likeness (QED) is 0.442. The van der Waals surface area contributed by atoms with Crippen LogP contribution in [0.1, 0.15) is 23.5 Å². The highest BCUT2D eigenvalue weighted by atomic mass is 35.5. The lowest BCUT2D eigenvalue weighted by atomic mass is 9.91. The minimum atomic E-state index is -3.98. The molecule has 2 unspecified atom stereocenters. The number of nitrogens with zero attached hydrogens (tertiary/aromatic N) is 4. The Bertz CT molecular complexity index is 1220. The standard InChI is InChI=1S/C23H27ClN6O4S/c1-26-23(28-35(32,33)29-11-12-34-19(14-29)13-21(25)31)30-15-20(16-5-3-2-4-6-16)22(27-30)17-7-9-18(24)10-8-17/h2-10,19-20H,11-15H2,1H3,(H2,25,31)(H,26,28). The molecule has 0 bridgehead atoms. The van der Waals surface area contributed by atoms with Crippen molar-refractivity contribution >= 4 is 39.4 Å². The van der Waals surface area contributed by atoms with Crippen molar-refractivity contribution in [2.75, 3.05) is 33.3 Å². The van der Waals surface area contributed by atoms with Crippen LogP contribution in [0, 0.1) is 0 Å². The van der Waals surface area contributed by atoms with E-state index >= 15 is 0 Å². The van der Waals surface area contributed by atoms with Crippen LogP contribution < -0.4 is 10.5 Å². The van der Waals surface area contributed by atoms with Crippen LogP contribution in [0.15, 0.2) is 64.7 Å². The van der Waals surface area contributed by atoms with Gasteiger partial charge < -0.3 is 10.5 Å². The van der Waals surface area contributed by atoms with Gasteiger partial charge in [0.05, 0.1) is 31.4 Å². The van der Waals surface area contributed by atoms with Crippen molar-refractivity contribution in [3.63, 3.8) is 0 Å². The molecular weight excluding hydrogens is 492 g/mol. The summed E-state index contributed by atoms with van der Waals surface area (Å²) in [5, 5.41) is 6.92. The number of primary amides is 1. The van der Waals surface area contributed by atoms with Crippen LogP contribution in [0.3, 0.4) is 0 Å². The number of carbonyl (C=O) groups is 1. The molecule has 4 rings (SSSR count). The first kappa shape index (κ1) is 25.1. The molecule has 0 radical (unpaired) electrons. The van der Waals surface area contributed by atoms with Crippen LogP contribution >= 0.6 is 11.6 Å². The molecule has 2 atom stereocenters. The van der Waals surface area contributed by atoms with Crippen molar-refractivity contribution < 1.29 is 17.9 Å². The van der Waals surface area contributed by atoms with Crippen LogP contribution in [0.25, 0.3) is 0 Å². The summed E-state index contributed by atoms with van der Waals surface area (Å²) in [6.07, 6.45) is -0.649. The van der Waals surface area contributed by atoms with Crippen LogP contribution in [0.4, 0.5) is 0 Å². The van der Waals surface area contributed by atoms with Gasteiger partial charge in [0, 0.05) is 31.1 Å². The number of nitrogens with one attached hydrogen (secondary N) is 1. The van der Waals surface area contributed by atoms with Crippen LogP contribution in [0.2, 0.25) is 5.02 Å². The summed E-state index contributed by atoms with van der Waals surface area (Å²) >= 11 is 6.07. The number of rotatable bonds is 6. The molecule has 35 heavy (non-hydrogen) atoms. The number of halogens is 1. The number of benzene rings is 2. The number of nitrogens with two attached hydrogens (primary N) is 1. The lowest BCUT2D eigenvalue weighted by Gasteiger charge is -2.32. The predicted molar refractivity (Wildman–Crippen MR) is 134 cm³/mol. The Morgan fingerprint density at radius 3 is 2.57 bits per heavy atom. The zero-order chi connectivity index (χ0) is 25.0. The highest BCUT2D eigenvalue weighted by molar-refractivity contribution is 7.87. The Hall–Kier alpha value is -2.99. The molecule has 10 nitrogen and oxygen atoms in total. The summed E-state index contributed by atoms with van der Waals surface area (Å²) < 4.78 is 35.6. The summed E-state index contributed by atoms with van der Waals surface area (Å²) in [4.78, 5) is 15.4. The van der Waals surface area contributed by atoms with Gasteiger partial charge in [-0.15, -0.1) is 0 Å². The number of hydrogen-bond donors (Lipinski definition) is 2. The predicted octanol–water partition coefficient (Wildman–Crippen LogP) is 1.54. The minimum Gasteiger partial charge on any atom is -0.375 e. The van der Waals surface area contributed by atoms with Gasteiger partial charge in [-0.05, 0) is 23.3 Å². The Balaban J connectivity index is 1.57. The fraction of sp³-hybridized carbons (Fsp3) is 0.348. The molecular formula is C23H27ClN6O4S. The van der Waals surface area contributed by atoms with Crippen molar-refractivity contribution in [2.45, 2.75) is 18.4 Å². The van der Waals surface area contributed by atoms with E-state index in [2.05, 4.69) is 9.71 Å². The largest absolute Gasteiger partial charge is 0.375 e. The van der Waals surface area contributed by atoms with Crippen molar-refractivity contribution in [3.05, 3.63) is 70.7 Å². The molecule has 2 heterocycles. The molecule has 2 aliphatic rings. The summed E-state index contributed by atoms with van der Waals surface area (Å²) in [5.41, 5.74) is 7.95. The third-order valence-corrected chi connectivity index (χ3v) is 7.51. The van der Waals surface area contributed by atoms with E-state index in [9.17, 15) is 13.2 Å². The summed E-state index contributed by atoms with van der Waals surface area (Å²) in [5.74, 6) is -0.569. The van der Waals surface area contributed by atoms with Gasteiger partial charge >= 0.3 is 10.2 Å². The molecule has 186 valence electrons. The average molecular weight is 519 g/mol. The zero-order valence-corrected chi connectivity index (χ0v) is 20.7. The van der Waals surface area contributed by atoms with Gasteiger partial charge in [0.2, 0.25) is 11.9 Å². The van der Waals surface area contributed by atoms with E-state index in [-0.39, 0.29) is 38.0 Å². The average Bonchev–Trinajstić information content (AvgIpc) is 3.29. The van der Waals surface area contributed by atoms with E-state index in [0.29, 0.717) is 11.6 Å². The van der Waals surface area contributed by atoms with E-state index in [1.54, 1.807) is 17.1 Å². The second-order valence-corrected chi connectivity index (χ2v) is 10.3. The summed E-state index contributed by atoms with van der Waals surface area (Å²) in [6.45, 7) is 0.718. The van der Waals surface area contributed by atoms with Gasteiger partial charge in [-0.1, -0.05) is 54.1 Å². The summed E-state index contributed by atoms with van der Waals surface area (Å²) in [7, 11) is -2.48. The zero-order valence-electron chi connectivity index (χ0n) is 19.2. The van der Waals surface area contributed by atoms with E-state index in [1.165, 1.54) is 11.4 Å². The lowest BCUT2D eigenvalue weighted by molar-refractivity contribution is -0.122. The van der Waals surface area contributed by atoms with E-state index < -0.39 is 22.2 Å². The topological polar surface area (TPSA) is 130 Å². The van der Waals surface area contributed by atoms with Crippen LogP contribution in [-0.4, -0.2) is 74.7 Å². The Kier molecular flexibility index (Phi) is 7.70. The number of carbonyl (C=O) groups excluding carboxylic acids is 1. The third-order valence-electron chi connectivity index (χ3n) is 5.80. The molecule has 0 aliphatic carbocycles. The van der Waals surface area contributed by atoms with Crippen LogP contribution in [-0.2, 0) is 19.7 Å². The van der Waals surface area contributed by atoms with Gasteiger partial charge in [-0.25, -0.2) is 9.73 Å². The van der Waals surface area contributed by atoms with Crippen LogP contribution in [0.5, 0.6) is 0 Å². The summed E-state index contributed by atoms with van der Waals surface area (Å²) in [6, 6.07) is 17.2. The first-order chi connectivity index (χ1) is 16.8. The van der Waals surface area contributed by atoms with E-state index in [1.807, 2.05) is 42.5 Å². The number of ether oxygens (including phenoxy) is 1. The molecule has 0 saturated carbocycles. The SMILES string of the molecule is CN=C(NS(=O)(=O)N1CCOC(CC(N)=O)C1)N1CC(c2ccccc2)C(c2ccc(Cl)cc2)=N1. The first-order valence-electron chi connectivity index (χ1n) is 11.1. The molecule has 0 aromatic heterocycles. The highest BCUT2D eigenvalue weighted by Gasteiger charge is 2.35. The maximum absolute atomic E-state index is 13.2. The number of guanidine groups is 1. The molecule has 2 aliphatic heterocycles. The number of morpholine rings is 1. The highest BCUT2D eigenvalue weighted by Crippen LogP contribution is 2.29. The van der Waals surface area contributed by atoms with Gasteiger partial charge in [0.25, 0.3) is 0 Å². The van der Waals surface area contributed by atoms with Gasteiger partial charge in [0.1, 0.15) is 0 Å². The second-order valence-electron chi connectivity index (χ2n) is 8.21. The lowest BCUT2D eigenvalue weighted by Crippen LogP contribution is -2.53. The maximum atomic E-state index is 13.2. The monoisotopic (exact) mass is 518 g/mol. The van der Waals surface area contributed by atoms with Gasteiger partial charge in [0.15, 0.2) is 0 Å². The molecule has 1 amide bonds. The molecule has 0 spiro atoms. The van der Waals surface area contributed by atoms with Crippen molar-refractivity contribution in [1.29, 1.82) is 0 Å². The van der Waals surface area contributed by atoms with Crippen molar-refractivity contribution in [1.82, 2.24) is 14.0 Å². The molecule has 12 heteroatoms. The number of hydrazone groups is 1. The fourth-order valence-corrected chi connectivity index (χ4v) is 5.47. The molecule has 1 fully saturated rings. The molecule has 2 aromatic carbocycles. The molecule has 3 N–H and O–H groups in total. The maximum Gasteiger partial charge on any atom is 0.304 e. The first-order valence-corrected chi connectivity index (χ1v) is 12.9. The molecule has 2 aromatic rings.